The van der Waals surface area contributed by atoms with E-state index in [1.165, 1.54) is 0 Å². The van der Waals surface area contributed by atoms with Crippen molar-refractivity contribution in [3.8, 4) is 17.4 Å². The lowest BCUT2D eigenvalue weighted by molar-refractivity contribution is -0.156. The Hall–Kier alpha value is -3.13. The summed E-state index contributed by atoms with van der Waals surface area (Å²) < 4.78 is 17.3. The highest BCUT2D eigenvalue weighted by Crippen LogP contribution is 2.32. The number of nitrogens with zero attached hydrogens (tertiary/aromatic N) is 3. The zero-order chi connectivity index (χ0) is 22.4. The van der Waals surface area contributed by atoms with Gasteiger partial charge < -0.3 is 19.1 Å². The van der Waals surface area contributed by atoms with Crippen LogP contribution in [-0.2, 0) is 9.53 Å². The Balaban J connectivity index is 1.85. The van der Waals surface area contributed by atoms with Crippen LogP contribution >= 0.6 is 0 Å². The molecular formula is C23H29N3O5. The van der Waals surface area contributed by atoms with Crippen LogP contribution in [0, 0.1) is 0 Å². The third kappa shape index (κ3) is 6.42. The van der Waals surface area contributed by atoms with Crippen molar-refractivity contribution in [1.29, 1.82) is 0 Å². The molecule has 31 heavy (non-hydrogen) atoms. The molecule has 0 saturated carbocycles. The molecule has 0 saturated heterocycles. The Bertz CT molecular complexity index is 925. The lowest BCUT2D eigenvalue weighted by atomic mass is 10.2. The zero-order valence-corrected chi connectivity index (χ0v) is 18.5. The van der Waals surface area contributed by atoms with Gasteiger partial charge in [0.25, 0.3) is 5.91 Å². The topological polar surface area (TPSA) is 81.2 Å². The zero-order valence-electron chi connectivity index (χ0n) is 18.5. The number of fused-ring (bicyclic) bond motifs is 2. The van der Waals surface area contributed by atoms with E-state index in [2.05, 4.69) is 4.98 Å². The Morgan fingerprint density at radius 2 is 1.84 bits per heavy atom. The molecule has 166 valence electrons. The van der Waals surface area contributed by atoms with Crippen LogP contribution in [-0.4, -0.2) is 72.1 Å². The molecule has 0 bridgehead atoms. The van der Waals surface area contributed by atoms with Gasteiger partial charge in [-0.05, 0) is 45.0 Å². The van der Waals surface area contributed by atoms with Crippen LogP contribution in [0.5, 0.6) is 17.4 Å². The maximum absolute atomic E-state index is 13.0. The summed E-state index contributed by atoms with van der Waals surface area (Å²) in [6.45, 7) is 7.36. The van der Waals surface area contributed by atoms with Crippen molar-refractivity contribution in [3.05, 3.63) is 48.2 Å². The van der Waals surface area contributed by atoms with Gasteiger partial charge in [0, 0.05) is 32.9 Å². The number of likely N-dealkylation sites (N-methyl/N-ethyl adjacent to an activating group) is 1. The maximum Gasteiger partial charge on any atom is 0.320 e. The number of carbonyl (C=O) groups is 2. The van der Waals surface area contributed by atoms with Crippen molar-refractivity contribution >= 4 is 11.9 Å². The summed E-state index contributed by atoms with van der Waals surface area (Å²) in [5.41, 5.74) is -0.199. The summed E-state index contributed by atoms with van der Waals surface area (Å²) in [5.74, 6) is 0.703. The van der Waals surface area contributed by atoms with Crippen LogP contribution in [0.4, 0.5) is 0 Å². The molecule has 1 aromatic carbocycles. The first-order valence-corrected chi connectivity index (χ1v) is 10.3. The largest absolute Gasteiger partial charge is 0.488 e. The van der Waals surface area contributed by atoms with E-state index >= 15 is 0 Å². The molecule has 1 aromatic heterocycles. The maximum atomic E-state index is 13.0. The van der Waals surface area contributed by atoms with Gasteiger partial charge in [0.2, 0.25) is 5.88 Å². The van der Waals surface area contributed by atoms with E-state index in [-0.39, 0.29) is 24.3 Å². The predicted octanol–water partition coefficient (Wildman–Crippen LogP) is 2.98. The highest BCUT2D eigenvalue weighted by atomic mass is 16.6. The van der Waals surface area contributed by atoms with Gasteiger partial charge in [0.15, 0.2) is 11.5 Å². The number of benzene rings is 1. The van der Waals surface area contributed by atoms with Crippen LogP contribution in [0.3, 0.4) is 0 Å². The molecule has 2 aromatic rings. The van der Waals surface area contributed by atoms with Gasteiger partial charge >= 0.3 is 5.97 Å². The second kappa shape index (κ2) is 9.78. The summed E-state index contributed by atoms with van der Waals surface area (Å²) in [6.07, 6.45) is 1.58. The molecule has 2 heterocycles. The number of hydrogen-bond donors (Lipinski definition) is 0. The number of ether oxygens (including phenoxy) is 3. The standard InChI is InChI=1S/C23H29N3O5/c1-23(2,3)31-20(27)16-26-13-12-25(4)22(28)17-8-7-11-24-21(17)30-19-10-6-5-9-18(19)29-15-14-26/h5-11H,12-16H2,1-4H3. The summed E-state index contributed by atoms with van der Waals surface area (Å²) in [4.78, 5) is 33.1. The number of pyridine rings is 1. The summed E-state index contributed by atoms with van der Waals surface area (Å²) in [5, 5.41) is 0. The second-order valence-electron chi connectivity index (χ2n) is 8.34. The summed E-state index contributed by atoms with van der Waals surface area (Å²) in [6, 6.07) is 10.6. The Kier molecular flexibility index (Phi) is 7.12. The minimum Gasteiger partial charge on any atom is -0.488 e. The lowest BCUT2D eigenvalue weighted by Gasteiger charge is -2.26. The monoisotopic (exact) mass is 427 g/mol. The minimum atomic E-state index is -0.558. The van der Waals surface area contributed by atoms with Crippen molar-refractivity contribution in [2.45, 2.75) is 26.4 Å². The van der Waals surface area contributed by atoms with Gasteiger partial charge in [-0.25, -0.2) is 4.98 Å². The smallest absolute Gasteiger partial charge is 0.320 e. The molecular weight excluding hydrogens is 398 g/mol. The van der Waals surface area contributed by atoms with E-state index in [4.69, 9.17) is 14.2 Å². The number of esters is 1. The fourth-order valence-electron chi connectivity index (χ4n) is 3.10. The first-order chi connectivity index (χ1) is 14.7. The normalized spacial score (nSPS) is 15.9. The van der Waals surface area contributed by atoms with Crippen LogP contribution in [0.1, 0.15) is 31.1 Å². The Labute approximate surface area is 182 Å². The highest BCUT2D eigenvalue weighted by molar-refractivity contribution is 5.96. The highest BCUT2D eigenvalue weighted by Gasteiger charge is 2.23. The lowest BCUT2D eigenvalue weighted by Crippen LogP contribution is -2.42. The van der Waals surface area contributed by atoms with Crippen molar-refractivity contribution in [2.75, 3.05) is 39.8 Å². The van der Waals surface area contributed by atoms with Crippen LogP contribution in [0.15, 0.2) is 42.6 Å². The average molecular weight is 428 g/mol. The molecule has 1 aliphatic rings. The third-order valence-corrected chi connectivity index (χ3v) is 4.59. The van der Waals surface area contributed by atoms with E-state index in [0.29, 0.717) is 43.3 Å². The Morgan fingerprint density at radius 1 is 1.10 bits per heavy atom. The van der Waals surface area contributed by atoms with Crippen molar-refractivity contribution < 1.29 is 23.8 Å². The summed E-state index contributed by atoms with van der Waals surface area (Å²) in [7, 11) is 1.72. The van der Waals surface area contributed by atoms with Gasteiger partial charge in [0.1, 0.15) is 17.8 Å². The van der Waals surface area contributed by atoms with Crippen molar-refractivity contribution in [1.82, 2.24) is 14.8 Å². The van der Waals surface area contributed by atoms with Gasteiger partial charge in [-0.3, -0.25) is 14.5 Å². The first kappa shape index (κ1) is 22.6. The quantitative estimate of drug-likeness (QED) is 0.682. The van der Waals surface area contributed by atoms with E-state index in [1.807, 2.05) is 37.8 Å². The molecule has 0 spiro atoms. The molecule has 0 fully saturated rings. The van der Waals surface area contributed by atoms with E-state index < -0.39 is 5.60 Å². The average Bonchev–Trinajstić information content (AvgIpc) is 2.71. The third-order valence-electron chi connectivity index (χ3n) is 4.59. The van der Waals surface area contributed by atoms with E-state index in [0.717, 1.165) is 0 Å². The first-order valence-electron chi connectivity index (χ1n) is 10.3. The number of aromatic nitrogens is 1. The predicted molar refractivity (Wildman–Crippen MR) is 115 cm³/mol. The molecule has 3 rings (SSSR count). The molecule has 0 unspecified atom stereocenters. The number of carbonyl (C=O) groups excluding carboxylic acids is 2. The summed E-state index contributed by atoms with van der Waals surface area (Å²) >= 11 is 0. The van der Waals surface area contributed by atoms with Crippen LogP contribution in [0.2, 0.25) is 0 Å². The number of hydrogen-bond acceptors (Lipinski definition) is 7. The van der Waals surface area contributed by atoms with Gasteiger partial charge in [-0.1, -0.05) is 12.1 Å². The van der Waals surface area contributed by atoms with Crippen LogP contribution in [0.25, 0.3) is 0 Å². The van der Waals surface area contributed by atoms with Gasteiger partial charge in [0.05, 0.1) is 6.54 Å². The molecule has 0 N–H and O–H groups in total. The van der Waals surface area contributed by atoms with E-state index in [9.17, 15) is 9.59 Å². The molecule has 1 aliphatic heterocycles. The molecule has 0 aliphatic carbocycles. The minimum absolute atomic E-state index is 0.110. The molecule has 8 heteroatoms. The van der Waals surface area contributed by atoms with Crippen LogP contribution < -0.4 is 9.47 Å². The SMILES string of the molecule is CN1CCN(CC(=O)OC(C)(C)C)CCOc2ccccc2Oc2ncccc2C1=O. The fourth-order valence-corrected chi connectivity index (χ4v) is 3.10. The second-order valence-corrected chi connectivity index (χ2v) is 8.34. The van der Waals surface area contributed by atoms with Crippen molar-refractivity contribution in [2.24, 2.45) is 0 Å². The molecule has 0 radical (unpaired) electrons. The number of rotatable bonds is 2. The van der Waals surface area contributed by atoms with Gasteiger partial charge in [-0.15, -0.1) is 0 Å². The Morgan fingerprint density at radius 3 is 2.58 bits per heavy atom. The number of amides is 1. The molecule has 8 nitrogen and oxygen atoms in total. The fraction of sp³-hybridized carbons (Fsp3) is 0.435. The number of para-hydroxylation sites is 2. The molecule has 0 atom stereocenters. The molecule has 1 amide bonds. The van der Waals surface area contributed by atoms with E-state index in [1.54, 1.807) is 42.4 Å². The van der Waals surface area contributed by atoms with Crippen molar-refractivity contribution in [3.63, 3.8) is 0 Å². The van der Waals surface area contributed by atoms with Gasteiger partial charge in [-0.2, -0.15) is 0 Å².